The maximum Gasteiger partial charge on any atom is 0.406 e. The standard InChI is InChI=1S/C11H17F3N2O3/c1-2-3-8(10(18)19)15-7-4-5-16(9(7)17)6-11(12,13)14/h7-8,15H,2-6H2,1H3,(H,18,19). The van der Waals surface area contributed by atoms with Gasteiger partial charge < -0.3 is 10.0 Å². The molecule has 1 fully saturated rings. The third-order valence-corrected chi connectivity index (χ3v) is 2.95. The number of halogens is 3. The highest BCUT2D eigenvalue weighted by molar-refractivity contribution is 5.85. The molecular weight excluding hydrogens is 265 g/mol. The van der Waals surface area contributed by atoms with Crippen LogP contribution in [-0.4, -0.2) is 53.2 Å². The molecule has 0 aromatic carbocycles. The predicted molar refractivity (Wildman–Crippen MR) is 60.5 cm³/mol. The van der Waals surface area contributed by atoms with Crippen LogP contribution in [0.1, 0.15) is 26.2 Å². The lowest BCUT2D eigenvalue weighted by molar-refractivity contribution is -0.158. The van der Waals surface area contributed by atoms with Gasteiger partial charge in [-0.3, -0.25) is 14.9 Å². The summed E-state index contributed by atoms with van der Waals surface area (Å²) < 4.78 is 36.6. The third-order valence-electron chi connectivity index (χ3n) is 2.95. The summed E-state index contributed by atoms with van der Waals surface area (Å²) in [6.07, 6.45) is -3.29. The van der Waals surface area contributed by atoms with E-state index in [0.29, 0.717) is 17.7 Å². The first kappa shape index (κ1) is 15.7. The smallest absolute Gasteiger partial charge is 0.406 e. The summed E-state index contributed by atoms with van der Waals surface area (Å²) in [5.41, 5.74) is 0. The number of alkyl halides is 3. The van der Waals surface area contributed by atoms with Crippen molar-refractivity contribution in [1.29, 1.82) is 0 Å². The second-order valence-electron chi connectivity index (χ2n) is 4.56. The SMILES string of the molecule is CCCC(NC1CCN(CC(F)(F)F)C1=O)C(=O)O. The largest absolute Gasteiger partial charge is 0.480 e. The Bertz CT molecular complexity index is 347. The summed E-state index contributed by atoms with van der Waals surface area (Å²) in [4.78, 5) is 23.4. The first-order chi connectivity index (χ1) is 8.74. The van der Waals surface area contributed by atoms with Gasteiger partial charge >= 0.3 is 12.1 Å². The number of carbonyl (C=O) groups excluding carboxylic acids is 1. The van der Waals surface area contributed by atoms with Crippen molar-refractivity contribution in [3.05, 3.63) is 0 Å². The fourth-order valence-corrected chi connectivity index (χ4v) is 2.08. The van der Waals surface area contributed by atoms with Crippen LogP contribution in [0.5, 0.6) is 0 Å². The number of hydrogen-bond donors (Lipinski definition) is 2. The van der Waals surface area contributed by atoms with Crippen LogP contribution in [0.25, 0.3) is 0 Å². The van der Waals surface area contributed by atoms with Crippen LogP contribution < -0.4 is 5.32 Å². The maximum atomic E-state index is 12.2. The highest BCUT2D eigenvalue weighted by Crippen LogP contribution is 2.21. The number of amides is 1. The number of aliphatic carboxylic acids is 1. The van der Waals surface area contributed by atoms with E-state index in [1.54, 1.807) is 6.92 Å². The van der Waals surface area contributed by atoms with Gasteiger partial charge in [-0.15, -0.1) is 0 Å². The highest BCUT2D eigenvalue weighted by atomic mass is 19.4. The van der Waals surface area contributed by atoms with Crippen molar-refractivity contribution in [2.45, 2.75) is 44.4 Å². The molecule has 1 aliphatic rings. The Balaban J connectivity index is 2.57. The minimum atomic E-state index is -4.43. The van der Waals surface area contributed by atoms with Crippen LogP contribution in [0.3, 0.4) is 0 Å². The topological polar surface area (TPSA) is 69.6 Å². The number of nitrogens with zero attached hydrogens (tertiary/aromatic N) is 1. The van der Waals surface area contributed by atoms with Crippen LogP contribution in [0.2, 0.25) is 0 Å². The summed E-state index contributed by atoms with van der Waals surface area (Å²) in [5.74, 6) is -1.77. The number of carboxylic acids is 1. The number of carboxylic acid groups (broad SMARTS) is 1. The van der Waals surface area contributed by atoms with E-state index in [1.807, 2.05) is 0 Å². The van der Waals surface area contributed by atoms with Crippen molar-refractivity contribution in [3.8, 4) is 0 Å². The predicted octanol–water partition coefficient (Wildman–Crippen LogP) is 0.992. The molecule has 0 aromatic rings. The Kier molecular flexibility index (Phi) is 5.16. The number of carbonyl (C=O) groups is 2. The van der Waals surface area contributed by atoms with Crippen LogP contribution in [0, 0.1) is 0 Å². The van der Waals surface area contributed by atoms with E-state index < -0.39 is 36.7 Å². The number of likely N-dealkylation sites (tertiary alicyclic amines) is 1. The molecule has 0 spiro atoms. The van der Waals surface area contributed by atoms with E-state index in [2.05, 4.69) is 5.32 Å². The zero-order valence-electron chi connectivity index (χ0n) is 10.5. The Morgan fingerprint density at radius 2 is 2.21 bits per heavy atom. The van der Waals surface area contributed by atoms with Gasteiger partial charge in [0.1, 0.15) is 12.6 Å². The summed E-state index contributed by atoms with van der Waals surface area (Å²) in [7, 11) is 0. The molecule has 5 nitrogen and oxygen atoms in total. The number of hydrogen-bond acceptors (Lipinski definition) is 3. The van der Waals surface area contributed by atoms with Gasteiger partial charge in [0, 0.05) is 6.54 Å². The quantitative estimate of drug-likeness (QED) is 0.762. The zero-order chi connectivity index (χ0) is 14.6. The van der Waals surface area contributed by atoms with E-state index in [-0.39, 0.29) is 13.0 Å². The molecule has 1 aliphatic heterocycles. The third kappa shape index (κ3) is 4.70. The molecule has 8 heteroatoms. The summed E-state index contributed by atoms with van der Waals surface area (Å²) in [6.45, 7) is 0.508. The highest BCUT2D eigenvalue weighted by Gasteiger charge is 2.40. The lowest BCUT2D eigenvalue weighted by atomic mass is 10.1. The van der Waals surface area contributed by atoms with Crippen molar-refractivity contribution in [2.24, 2.45) is 0 Å². The van der Waals surface area contributed by atoms with Crippen molar-refractivity contribution in [1.82, 2.24) is 10.2 Å². The molecule has 1 amide bonds. The van der Waals surface area contributed by atoms with Gasteiger partial charge in [-0.1, -0.05) is 13.3 Å². The molecule has 0 radical (unpaired) electrons. The molecule has 1 saturated heterocycles. The average molecular weight is 282 g/mol. The molecular formula is C11H17F3N2O3. The molecule has 2 unspecified atom stereocenters. The molecule has 0 bridgehead atoms. The molecule has 0 saturated carbocycles. The number of rotatable bonds is 6. The van der Waals surface area contributed by atoms with Gasteiger partial charge in [0.05, 0.1) is 6.04 Å². The minimum absolute atomic E-state index is 0.00548. The molecule has 1 rings (SSSR count). The van der Waals surface area contributed by atoms with E-state index in [1.165, 1.54) is 0 Å². The Hall–Kier alpha value is -1.31. The van der Waals surface area contributed by atoms with Crippen molar-refractivity contribution < 1.29 is 27.9 Å². The Labute approximate surface area is 108 Å². The van der Waals surface area contributed by atoms with Crippen molar-refractivity contribution in [3.63, 3.8) is 0 Å². The fourth-order valence-electron chi connectivity index (χ4n) is 2.08. The first-order valence-corrected chi connectivity index (χ1v) is 6.09. The van der Waals surface area contributed by atoms with Crippen LogP contribution >= 0.6 is 0 Å². The molecule has 2 N–H and O–H groups in total. The van der Waals surface area contributed by atoms with Gasteiger partial charge in [-0.2, -0.15) is 13.2 Å². The molecule has 0 aromatic heterocycles. The van der Waals surface area contributed by atoms with Crippen molar-refractivity contribution >= 4 is 11.9 Å². The first-order valence-electron chi connectivity index (χ1n) is 6.09. The lowest BCUT2D eigenvalue weighted by Crippen LogP contribution is -2.48. The van der Waals surface area contributed by atoms with Crippen LogP contribution in [-0.2, 0) is 9.59 Å². The minimum Gasteiger partial charge on any atom is -0.480 e. The van der Waals surface area contributed by atoms with Crippen molar-refractivity contribution in [2.75, 3.05) is 13.1 Å². The van der Waals surface area contributed by atoms with Gasteiger partial charge in [0.2, 0.25) is 5.91 Å². The molecule has 1 heterocycles. The summed E-state index contributed by atoms with van der Waals surface area (Å²) in [6, 6.07) is -1.74. The summed E-state index contributed by atoms with van der Waals surface area (Å²) in [5, 5.41) is 11.6. The van der Waals surface area contributed by atoms with Crippen LogP contribution in [0.4, 0.5) is 13.2 Å². The average Bonchev–Trinajstić information content (AvgIpc) is 2.58. The van der Waals surface area contributed by atoms with Gasteiger partial charge in [0.25, 0.3) is 0 Å². The van der Waals surface area contributed by atoms with Gasteiger partial charge in [0.15, 0.2) is 0 Å². The van der Waals surface area contributed by atoms with E-state index >= 15 is 0 Å². The van der Waals surface area contributed by atoms with Crippen LogP contribution in [0.15, 0.2) is 0 Å². The second-order valence-corrected chi connectivity index (χ2v) is 4.56. The normalized spacial score (nSPS) is 21.8. The van der Waals surface area contributed by atoms with Gasteiger partial charge in [-0.05, 0) is 12.8 Å². The van der Waals surface area contributed by atoms with Gasteiger partial charge in [-0.25, -0.2) is 0 Å². The lowest BCUT2D eigenvalue weighted by Gasteiger charge is -2.20. The Morgan fingerprint density at radius 3 is 2.68 bits per heavy atom. The monoisotopic (exact) mass is 282 g/mol. The molecule has 0 aliphatic carbocycles. The van der Waals surface area contributed by atoms with E-state index in [9.17, 15) is 22.8 Å². The molecule has 110 valence electrons. The maximum absolute atomic E-state index is 12.2. The Morgan fingerprint density at radius 1 is 1.58 bits per heavy atom. The second kappa shape index (κ2) is 6.23. The number of nitrogens with one attached hydrogen (secondary N) is 1. The summed E-state index contributed by atoms with van der Waals surface area (Å²) >= 11 is 0. The molecule has 19 heavy (non-hydrogen) atoms. The van der Waals surface area contributed by atoms with E-state index in [0.717, 1.165) is 0 Å². The fraction of sp³-hybridized carbons (Fsp3) is 0.818. The zero-order valence-corrected chi connectivity index (χ0v) is 10.5. The molecule has 2 atom stereocenters. The van der Waals surface area contributed by atoms with E-state index in [4.69, 9.17) is 5.11 Å².